The number of carbonyl (C=O) groups excluding carboxylic acids is 3. The molecule has 25 heavy (non-hydrogen) atoms. The van der Waals surface area contributed by atoms with Crippen molar-refractivity contribution in [2.24, 2.45) is 5.41 Å². The third kappa shape index (κ3) is 5.74. The minimum absolute atomic E-state index is 0.0744. The average molecular weight is 360 g/mol. The van der Waals surface area contributed by atoms with Gasteiger partial charge in [0.15, 0.2) is 0 Å². The van der Waals surface area contributed by atoms with E-state index in [1.54, 1.807) is 6.08 Å². The fourth-order valence-electron chi connectivity index (χ4n) is 2.36. The van der Waals surface area contributed by atoms with Gasteiger partial charge in [-0.3, -0.25) is 19.3 Å². The fourth-order valence-corrected chi connectivity index (χ4v) is 3.22. The third-order valence-corrected chi connectivity index (χ3v) is 4.50. The molecule has 0 aliphatic carbocycles. The van der Waals surface area contributed by atoms with Crippen LogP contribution in [0.2, 0.25) is 0 Å². The van der Waals surface area contributed by atoms with Crippen molar-refractivity contribution in [3.63, 3.8) is 0 Å². The molecule has 2 rings (SSSR count). The number of thioether (sulfide) groups is 1. The first-order valence-electron chi connectivity index (χ1n) is 8.24. The Balaban J connectivity index is 1.93. The fraction of sp³-hybridized carbons (Fsp3) is 0.421. The Morgan fingerprint density at radius 2 is 1.84 bits per heavy atom. The van der Waals surface area contributed by atoms with Crippen molar-refractivity contribution >= 4 is 34.9 Å². The summed E-state index contributed by atoms with van der Waals surface area (Å²) in [6, 6.07) is 7.74. The van der Waals surface area contributed by atoms with Crippen molar-refractivity contribution in [2.75, 3.05) is 13.1 Å². The number of hydrogen-bond acceptors (Lipinski definition) is 4. The standard InChI is InChI=1S/C19H24N2O3S/c1-13-5-7-14(8-6-13)11-15-17(23)21(18(24)25-15)10-9-20-16(22)12-19(2,3)4/h5-8,11H,9-10,12H2,1-4H3,(H,20,22). The van der Waals surface area contributed by atoms with Crippen LogP contribution in [0, 0.1) is 12.3 Å². The van der Waals surface area contributed by atoms with E-state index in [0.717, 1.165) is 22.9 Å². The number of rotatable bonds is 5. The van der Waals surface area contributed by atoms with Crippen LogP contribution in [0.1, 0.15) is 38.3 Å². The Kier molecular flexibility index (Phi) is 6.06. The van der Waals surface area contributed by atoms with E-state index in [0.29, 0.717) is 11.3 Å². The minimum Gasteiger partial charge on any atom is -0.354 e. The van der Waals surface area contributed by atoms with Gasteiger partial charge in [0, 0.05) is 19.5 Å². The third-order valence-electron chi connectivity index (χ3n) is 3.60. The summed E-state index contributed by atoms with van der Waals surface area (Å²) in [6.45, 7) is 8.40. The molecule has 134 valence electrons. The number of benzene rings is 1. The van der Waals surface area contributed by atoms with Crippen LogP contribution in [0.15, 0.2) is 29.2 Å². The molecule has 0 bridgehead atoms. The van der Waals surface area contributed by atoms with E-state index in [9.17, 15) is 14.4 Å². The molecule has 0 unspecified atom stereocenters. The van der Waals surface area contributed by atoms with E-state index in [1.807, 2.05) is 52.0 Å². The normalized spacial score (nSPS) is 16.6. The number of imide groups is 1. The largest absolute Gasteiger partial charge is 0.354 e. The Hall–Kier alpha value is -2.08. The van der Waals surface area contributed by atoms with E-state index in [-0.39, 0.29) is 35.6 Å². The first-order chi connectivity index (χ1) is 11.7. The molecule has 1 aliphatic heterocycles. The molecule has 1 aromatic rings. The highest BCUT2D eigenvalue weighted by Gasteiger charge is 2.34. The highest BCUT2D eigenvalue weighted by molar-refractivity contribution is 8.18. The second-order valence-electron chi connectivity index (χ2n) is 7.33. The molecule has 6 heteroatoms. The van der Waals surface area contributed by atoms with Crippen LogP contribution in [-0.2, 0) is 9.59 Å². The molecule has 0 aromatic heterocycles. The zero-order chi connectivity index (χ0) is 18.6. The predicted molar refractivity (Wildman–Crippen MR) is 101 cm³/mol. The van der Waals surface area contributed by atoms with Crippen LogP contribution in [0.5, 0.6) is 0 Å². The van der Waals surface area contributed by atoms with Gasteiger partial charge in [-0.15, -0.1) is 0 Å². The predicted octanol–water partition coefficient (Wildman–Crippen LogP) is 3.58. The Bertz CT molecular complexity index is 702. The maximum atomic E-state index is 12.4. The maximum Gasteiger partial charge on any atom is 0.293 e. The summed E-state index contributed by atoms with van der Waals surface area (Å²) in [5.74, 6) is -0.379. The quantitative estimate of drug-likeness (QED) is 0.815. The molecular formula is C19H24N2O3S. The molecule has 1 N–H and O–H groups in total. The lowest BCUT2D eigenvalue weighted by molar-refractivity contribution is -0.125. The highest BCUT2D eigenvalue weighted by Crippen LogP contribution is 2.31. The Morgan fingerprint density at radius 3 is 2.44 bits per heavy atom. The molecule has 1 aliphatic rings. The van der Waals surface area contributed by atoms with Gasteiger partial charge >= 0.3 is 0 Å². The van der Waals surface area contributed by atoms with Crippen LogP contribution in [-0.4, -0.2) is 35.0 Å². The van der Waals surface area contributed by atoms with Gasteiger partial charge in [-0.25, -0.2) is 0 Å². The summed E-state index contributed by atoms with van der Waals surface area (Å²) < 4.78 is 0. The summed E-state index contributed by atoms with van der Waals surface area (Å²) >= 11 is 0.936. The lowest BCUT2D eigenvalue weighted by Crippen LogP contribution is -2.38. The van der Waals surface area contributed by atoms with Gasteiger partial charge in [-0.1, -0.05) is 50.6 Å². The van der Waals surface area contributed by atoms with E-state index in [2.05, 4.69) is 5.32 Å². The zero-order valence-electron chi connectivity index (χ0n) is 15.1. The number of hydrogen-bond donors (Lipinski definition) is 1. The van der Waals surface area contributed by atoms with Crippen molar-refractivity contribution in [1.29, 1.82) is 0 Å². The molecule has 0 spiro atoms. The van der Waals surface area contributed by atoms with Gasteiger partial charge in [-0.2, -0.15) is 0 Å². The van der Waals surface area contributed by atoms with Crippen molar-refractivity contribution in [2.45, 2.75) is 34.1 Å². The summed E-state index contributed by atoms with van der Waals surface area (Å²) in [5, 5.41) is 2.47. The minimum atomic E-state index is -0.305. The van der Waals surface area contributed by atoms with Crippen LogP contribution in [0.25, 0.3) is 6.08 Å². The lowest BCUT2D eigenvalue weighted by atomic mass is 9.92. The van der Waals surface area contributed by atoms with Gasteiger partial charge in [0.25, 0.3) is 11.1 Å². The summed E-state index contributed by atoms with van der Waals surface area (Å²) in [6.07, 6.45) is 2.13. The van der Waals surface area contributed by atoms with E-state index in [1.165, 1.54) is 4.90 Å². The van der Waals surface area contributed by atoms with Gasteiger partial charge in [0.1, 0.15) is 0 Å². The molecule has 5 nitrogen and oxygen atoms in total. The second kappa shape index (κ2) is 7.87. The van der Waals surface area contributed by atoms with E-state index < -0.39 is 0 Å². The average Bonchev–Trinajstić information content (AvgIpc) is 2.75. The van der Waals surface area contributed by atoms with Crippen LogP contribution < -0.4 is 5.32 Å². The van der Waals surface area contributed by atoms with Gasteiger partial charge in [0.05, 0.1) is 4.91 Å². The van der Waals surface area contributed by atoms with Gasteiger partial charge < -0.3 is 5.32 Å². The first kappa shape index (κ1) is 19.2. The van der Waals surface area contributed by atoms with Crippen molar-refractivity contribution in [3.8, 4) is 0 Å². The summed E-state index contributed by atoms with van der Waals surface area (Å²) in [5.41, 5.74) is 1.93. The molecule has 1 saturated heterocycles. The SMILES string of the molecule is Cc1ccc(C=C2SC(=O)N(CCNC(=O)CC(C)(C)C)C2=O)cc1. The summed E-state index contributed by atoms with van der Waals surface area (Å²) in [4.78, 5) is 37.9. The van der Waals surface area contributed by atoms with Crippen LogP contribution in [0.3, 0.4) is 0 Å². The smallest absolute Gasteiger partial charge is 0.293 e. The van der Waals surface area contributed by atoms with Crippen LogP contribution >= 0.6 is 11.8 Å². The maximum absolute atomic E-state index is 12.4. The number of nitrogens with one attached hydrogen (secondary N) is 1. The van der Waals surface area contributed by atoms with Crippen molar-refractivity contribution < 1.29 is 14.4 Å². The molecule has 3 amide bonds. The van der Waals surface area contributed by atoms with E-state index >= 15 is 0 Å². The molecule has 0 saturated carbocycles. The number of carbonyl (C=O) groups is 3. The van der Waals surface area contributed by atoms with Crippen molar-refractivity contribution in [3.05, 3.63) is 40.3 Å². The summed E-state index contributed by atoms with van der Waals surface area (Å²) in [7, 11) is 0. The number of amides is 3. The second-order valence-corrected chi connectivity index (χ2v) is 8.32. The lowest BCUT2D eigenvalue weighted by Gasteiger charge is -2.18. The van der Waals surface area contributed by atoms with Crippen LogP contribution in [0.4, 0.5) is 4.79 Å². The van der Waals surface area contributed by atoms with Gasteiger partial charge in [-0.05, 0) is 35.7 Å². The molecule has 1 fully saturated rings. The van der Waals surface area contributed by atoms with Crippen molar-refractivity contribution in [1.82, 2.24) is 10.2 Å². The number of nitrogens with zero attached hydrogens (tertiary/aromatic N) is 1. The molecule has 0 atom stereocenters. The highest BCUT2D eigenvalue weighted by atomic mass is 32.2. The Morgan fingerprint density at radius 1 is 1.20 bits per heavy atom. The molecule has 1 aromatic carbocycles. The Labute approximate surface area is 152 Å². The molecular weight excluding hydrogens is 336 g/mol. The monoisotopic (exact) mass is 360 g/mol. The molecule has 1 heterocycles. The number of aryl methyl sites for hydroxylation is 1. The first-order valence-corrected chi connectivity index (χ1v) is 9.06. The van der Waals surface area contributed by atoms with E-state index in [4.69, 9.17) is 0 Å². The zero-order valence-corrected chi connectivity index (χ0v) is 15.9. The topological polar surface area (TPSA) is 66.5 Å². The van der Waals surface area contributed by atoms with Gasteiger partial charge in [0.2, 0.25) is 5.91 Å². The molecule has 0 radical (unpaired) electrons.